The predicted octanol–water partition coefficient (Wildman–Crippen LogP) is 4.44. The smallest absolute Gasteiger partial charge is 0.0813 e. The van der Waals surface area contributed by atoms with Crippen molar-refractivity contribution in [2.75, 3.05) is 7.05 Å². The third-order valence-electron chi connectivity index (χ3n) is 4.47. The summed E-state index contributed by atoms with van der Waals surface area (Å²) in [5.41, 5.74) is 0. The van der Waals surface area contributed by atoms with Gasteiger partial charge in [0.2, 0.25) is 0 Å². The van der Waals surface area contributed by atoms with Crippen LogP contribution in [0.5, 0.6) is 0 Å². The molecule has 3 heteroatoms. The Balaban J connectivity index is 1.89. The fourth-order valence-electron chi connectivity index (χ4n) is 3.26. The Bertz CT molecular complexity index is 401. The summed E-state index contributed by atoms with van der Waals surface area (Å²) in [4.78, 5) is 2.75. The summed E-state index contributed by atoms with van der Waals surface area (Å²) in [5, 5.41) is 3.20. The van der Waals surface area contributed by atoms with E-state index >= 15 is 0 Å². The number of thiophene rings is 1. The van der Waals surface area contributed by atoms with Crippen molar-refractivity contribution in [3.05, 3.63) is 21.9 Å². The third kappa shape index (κ3) is 4.31. The summed E-state index contributed by atoms with van der Waals surface area (Å²) in [5.74, 6) is 2.29. The lowest BCUT2D eigenvalue weighted by molar-refractivity contribution is -0.0463. The molecule has 1 aromatic heterocycles. The van der Waals surface area contributed by atoms with E-state index in [2.05, 4.69) is 38.2 Å². The van der Waals surface area contributed by atoms with Crippen LogP contribution in [0, 0.1) is 17.8 Å². The molecule has 114 valence electrons. The fraction of sp³-hybridized carbons (Fsp3) is 0.765. The Morgan fingerprint density at radius 1 is 1.30 bits per heavy atom. The molecule has 1 aliphatic carbocycles. The van der Waals surface area contributed by atoms with Crippen molar-refractivity contribution < 1.29 is 4.74 Å². The van der Waals surface area contributed by atoms with Crippen molar-refractivity contribution in [2.45, 2.75) is 59.3 Å². The number of rotatable bonds is 6. The van der Waals surface area contributed by atoms with Crippen LogP contribution in [0.25, 0.3) is 0 Å². The van der Waals surface area contributed by atoms with E-state index < -0.39 is 0 Å². The highest BCUT2D eigenvalue weighted by Gasteiger charge is 2.31. The topological polar surface area (TPSA) is 21.3 Å². The van der Waals surface area contributed by atoms with Gasteiger partial charge in [0.1, 0.15) is 0 Å². The second-order valence-corrected chi connectivity index (χ2v) is 7.83. The molecule has 0 spiro atoms. The van der Waals surface area contributed by atoms with Crippen molar-refractivity contribution in [1.29, 1.82) is 0 Å². The molecule has 0 aromatic carbocycles. The van der Waals surface area contributed by atoms with Gasteiger partial charge in [0.15, 0.2) is 0 Å². The summed E-state index contributed by atoms with van der Waals surface area (Å²) in [7, 11) is 1.99. The van der Waals surface area contributed by atoms with E-state index in [1.54, 1.807) is 0 Å². The monoisotopic (exact) mass is 295 g/mol. The van der Waals surface area contributed by atoms with E-state index in [1.165, 1.54) is 29.0 Å². The average Bonchev–Trinajstić information content (AvgIpc) is 2.84. The van der Waals surface area contributed by atoms with Crippen molar-refractivity contribution >= 4 is 11.3 Å². The standard InChI is InChI=1S/C17H29NOS/c1-12(2)16-8-5-13(3)9-17(16)19-11-15-7-6-14(20-15)10-18-4/h6-7,12-13,16-18H,5,8-11H2,1-4H3. The first-order valence-corrected chi connectivity index (χ1v) is 8.75. The molecule has 20 heavy (non-hydrogen) atoms. The lowest BCUT2D eigenvalue weighted by Gasteiger charge is -2.37. The summed E-state index contributed by atoms with van der Waals surface area (Å²) in [6, 6.07) is 4.43. The third-order valence-corrected chi connectivity index (χ3v) is 5.53. The zero-order valence-electron chi connectivity index (χ0n) is 13.3. The maximum Gasteiger partial charge on any atom is 0.0813 e. The molecule has 0 amide bonds. The van der Waals surface area contributed by atoms with Gasteiger partial charge in [-0.3, -0.25) is 0 Å². The second kappa shape index (κ2) is 7.58. The van der Waals surface area contributed by atoms with Crippen LogP contribution in [-0.4, -0.2) is 13.2 Å². The Morgan fingerprint density at radius 2 is 2.05 bits per heavy atom. The van der Waals surface area contributed by atoms with Crippen LogP contribution in [0.1, 0.15) is 49.8 Å². The van der Waals surface area contributed by atoms with Gasteiger partial charge in [0.25, 0.3) is 0 Å². The maximum absolute atomic E-state index is 6.29. The summed E-state index contributed by atoms with van der Waals surface area (Å²) in [6.07, 6.45) is 4.39. The van der Waals surface area contributed by atoms with Crippen LogP contribution in [-0.2, 0) is 17.9 Å². The molecule has 0 bridgehead atoms. The maximum atomic E-state index is 6.29. The number of ether oxygens (including phenoxy) is 1. The van der Waals surface area contributed by atoms with E-state index in [1.807, 2.05) is 18.4 Å². The van der Waals surface area contributed by atoms with Crippen LogP contribution < -0.4 is 5.32 Å². The van der Waals surface area contributed by atoms with Gasteiger partial charge < -0.3 is 10.1 Å². The van der Waals surface area contributed by atoms with E-state index in [-0.39, 0.29) is 0 Å². The zero-order valence-corrected chi connectivity index (χ0v) is 14.1. The Morgan fingerprint density at radius 3 is 2.75 bits per heavy atom. The minimum absolute atomic E-state index is 0.452. The van der Waals surface area contributed by atoms with Gasteiger partial charge in [-0.05, 0) is 49.8 Å². The van der Waals surface area contributed by atoms with E-state index in [4.69, 9.17) is 4.74 Å². The highest BCUT2D eigenvalue weighted by atomic mass is 32.1. The molecule has 1 heterocycles. The second-order valence-electron chi connectivity index (χ2n) is 6.57. The normalized spacial score (nSPS) is 27.1. The van der Waals surface area contributed by atoms with Gasteiger partial charge >= 0.3 is 0 Å². The first kappa shape index (κ1) is 16.0. The zero-order chi connectivity index (χ0) is 14.5. The molecule has 0 saturated heterocycles. The minimum atomic E-state index is 0.452. The molecule has 2 rings (SSSR count). The van der Waals surface area contributed by atoms with Crippen molar-refractivity contribution in [3.63, 3.8) is 0 Å². The highest BCUT2D eigenvalue weighted by Crippen LogP contribution is 2.36. The van der Waals surface area contributed by atoms with E-state index in [0.29, 0.717) is 6.10 Å². The molecule has 1 aliphatic rings. The minimum Gasteiger partial charge on any atom is -0.372 e. The lowest BCUT2D eigenvalue weighted by Crippen LogP contribution is -2.34. The molecule has 0 aliphatic heterocycles. The quantitative estimate of drug-likeness (QED) is 0.837. The Labute approximate surface area is 127 Å². The van der Waals surface area contributed by atoms with Crippen molar-refractivity contribution in [2.24, 2.45) is 17.8 Å². The Hall–Kier alpha value is -0.380. The predicted molar refractivity (Wildman–Crippen MR) is 87.0 cm³/mol. The summed E-state index contributed by atoms with van der Waals surface area (Å²) < 4.78 is 6.29. The largest absolute Gasteiger partial charge is 0.372 e. The first-order chi connectivity index (χ1) is 9.60. The van der Waals surface area contributed by atoms with Crippen LogP contribution >= 0.6 is 11.3 Å². The molecular weight excluding hydrogens is 266 g/mol. The van der Waals surface area contributed by atoms with Gasteiger partial charge in [-0.25, -0.2) is 0 Å². The molecule has 3 unspecified atom stereocenters. The molecule has 1 N–H and O–H groups in total. The van der Waals surface area contributed by atoms with Gasteiger partial charge in [-0.15, -0.1) is 11.3 Å². The van der Waals surface area contributed by atoms with Crippen LogP contribution in [0.3, 0.4) is 0 Å². The van der Waals surface area contributed by atoms with Gasteiger partial charge in [0, 0.05) is 16.3 Å². The van der Waals surface area contributed by atoms with Crippen molar-refractivity contribution in [3.8, 4) is 0 Å². The molecule has 3 atom stereocenters. The first-order valence-electron chi connectivity index (χ1n) is 7.94. The van der Waals surface area contributed by atoms with Crippen LogP contribution in [0.2, 0.25) is 0 Å². The molecule has 1 fully saturated rings. The summed E-state index contributed by atoms with van der Waals surface area (Å²) in [6.45, 7) is 8.79. The van der Waals surface area contributed by atoms with Gasteiger partial charge in [0.05, 0.1) is 12.7 Å². The van der Waals surface area contributed by atoms with Gasteiger partial charge in [-0.1, -0.05) is 27.2 Å². The number of nitrogens with one attached hydrogen (secondary N) is 1. The lowest BCUT2D eigenvalue weighted by atomic mass is 9.75. The van der Waals surface area contributed by atoms with Gasteiger partial charge in [-0.2, -0.15) is 0 Å². The Kier molecular flexibility index (Phi) is 6.06. The van der Waals surface area contributed by atoms with E-state index in [0.717, 1.165) is 30.9 Å². The highest BCUT2D eigenvalue weighted by molar-refractivity contribution is 7.11. The molecule has 1 saturated carbocycles. The SMILES string of the molecule is CNCc1ccc(COC2CC(C)CCC2C(C)C)s1. The van der Waals surface area contributed by atoms with Crippen LogP contribution in [0.4, 0.5) is 0 Å². The summed E-state index contributed by atoms with van der Waals surface area (Å²) >= 11 is 1.87. The van der Waals surface area contributed by atoms with E-state index in [9.17, 15) is 0 Å². The number of hydrogen-bond donors (Lipinski definition) is 1. The van der Waals surface area contributed by atoms with Crippen molar-refractivity contribution in [1.82, 2.24) is 5.32 Å². The molecular formula is C17H29NOS. The number of hydrogen-bond acceptors (Lipinski definition) is 3. The fourth-order valence-corrected chi connectivity index (χ4v) is 4.22. The molecule has 0 radical (unpaired) electrons. The molecule has 2 nitrogen and oxygen atoms in total. The average molecular weight is 295 g/mol. The van der Waals surface area contributed by atoms with Crippen LogP contribution in [0.15, 0.2) is 12.1 Å². The molecule has 1 aromatic rings.